The molecule has 1 saturated carbocycles. The van der Waals surface area contributed by atoms with E-state index in [1.165, 1.54) is 18.2 Å². The Morgan fingerprint density at radius 3 is 2.67 bits per heavy atom. The lowest BCUT2D eigenvalue weighted by Gasteiger charge is -2.06. The van der Waals surface area contributed by atoms with Gasteiger partial charge in [0.2, 0.25) is 0 Å². The summed E-state index contributed by atoms with van der Waals surface area (Å²) in [5.74, 6) is 0.339. The molecule has 0 aromatic heterocycles. The minimum atomic E-state index is -0.476. The van der Waals surface area contributed by atoms with Crippen LogP contribution in [0.15, 0.2) is 18.2 Å². The van der Waals surface area contributed by atoms with Crippen molar-refractivity contribution in [3.05, 3.63) is 33.9 Å². The van der Waals surface area contributed by atoms with E-state index in [0.717, 1.165) is 6.42 Å². The Labute approximate surface area is 105 Å². The molecule has 6 heteroatoms. The van der Waals surface area contributed by atoms with Gasteiger partial charge in [-0.25, -0.2) is 0 Å². The predicted molar refractivity (Wildman–Crippen MR) is 67.7 cm³/mol. The third-order valence-electron chi connectivity index (χ3n) is 3.15. The van der Waals surface area contributed by atoms with Crippen molar-refractivity contribution in [1.29, 1.82) is 0 Å². The van der Waals surface area contributed by atoms with Crippen LogP contribution in [0.4, 0.5) is 11.4 Å². The third kappa shape index (κ3) is 2.42. The summed E-state index contributed by atoms with van der Waals surface area (Å²) in [5, 5.41) is 16.4. The Morgan fingerprint density at radius 1 is 1.50 bits per heavy atom. The lowest BCUT2D eigenvalue weighted by Crippen LogP contribution is -2.26. The van der Waals surface area contributed by atoms with Crippen molar-refractivity contribution in [3.8, 4) is 0 Å². The number of nitrogens with zero attached hydrogens (tertiary/aromatic N) is 1. The third-order valence-corrected chi connectivity index (χ3v) is 3.15. The fourth-order valence-electron chi connectivity index (χ4n) is 1.81. The summed E-state index contributed by atoms with van der Waals surface area (Å²) in [5.41, 5.74) is 0.745. The van der Waals surface area contributed by atoms with Gasteiger partial charge in [0.25, 0.3) is 11.6 Å². The van der Waals surface area contributed by atoms with Crippen LogP contribution in [0.5, 0.6) is 0 Å². The second-order valence-electron chi connectivity index (χ2n) is 4.53. The van der Waals surface area contributed by atoms with Crippen molar-refractivity contribution < 1.29 is 9.72 Å². The van der Waals surface area contributed by atoms with E-state index in [2.05, 4.69) is 17.6 Å². The van der Waals surface area contributed by atoms with Crippen molar-refractivity contribution >= 4 is 17.3 Å². The summed E-state index contributed by atoms with van der Waals surface area (Å²) >= 11 is 0. The normalized spacial score (nSPS) is 21.2. The highest BCUT2D eigenvalue weighted by molar-refractivity contribution is 5.96. The summed E-state index contributed by atoms with van der Waals surface area (Å²) in [6, 6.07) is 4.56. The molecule has 0 bridgehead atoms. The van der Waals surface area contributed by atoms with Gasteiger partial charge in [-0.1, -0.05) is 6.92 Å². The molecule has 0 saturated heterocycles. The van der Waals surface area contributed by atoms with Crippen LogP contribution in [0.2, 0.25) is 0 Å². The molecule has 2 rings (SSSR count). The summed E-state index contributed by atoms with van der Waals surface area (Å²) in [6.45, 7) is 2.07. The van der Waals surface area contributed by atoms with Crippen molar-refractivity contribution in [2.45, 2.75) is 19.4 Å². The second kappa shape index (κ2) is 4.64. The van der Waals surface area contributed by atoms with Crippen LogP contribution in [0.25, 0.3) is 0 Å². The first-order valence-electron chi connectivity index (χ1n) is 5.80. The Bertz CT molecular complexity index is 501. The number of hydrogen-bond donors (Lipinski definition) is 2. The zero-order valence-electron chi connectivity index (χ0n) is 10.3. The van der Waals surface area contributed by atoms with Gasteiger partial charge in [-0.15, -0.1) is 0 Å². The minimum Gasteiger partial charge on any atom is -0.383 e. The lowest BCUT2D eigenvalue weighted by atomic mass is 10.1. The van der Waals surface area contributed by atoms with Gasteiger partial charge in [0.15, 0.2) is 0 Å². The number of carbonyl (C=O) groups is 1. The van der Waals surface area contributed by atoms with E-state index in [0.29, 0.717) is 17.2 Å². The number of nitro benzene ring substituents is 1. The monoisotopic (exact) mass is 249 g/mol. The molecule has 1 aliphatic carbocycles. The van der Waals surface area contributed by atoms with Gasteiger partial charge in [0.05, 0.1) is 4.92 Å². The molecule has 0 heterocycles. The largest absolute Gasteiger partial charge is 0.383 e. The molecular weight excluding hydrogens is 234 g/mol. The highest BCUT2D eigenvalue weighted by atomic mass is 16.6. The van der Waals surface area contributed by atoms with E-state index in [-0.39, 0.29) is 17.6 Å². The van der Waals surface area contributed by atoms with Crippen molar-refractivity contribution in [1.82, 2.24) is 5.32 Å². The maximum Gasteiger partial charge on any atom is 0.292 e. The standard InChI is InChI=1S/C12H15N3O3/c1-7-5-9(7)14-12(16)8-3-4-11(15(17)18)10(6-8)13-2/h3-4,6-7,9,13H,5H2,1-2H3,(H,14,16). The Balaban J connectivity index is 2.18. The minimum absolute atomic E-state index is 0.0335. The van der Waals surface area contributed by atoms with E-state index < -0.39 is 4.92 Å². The molecule has 6 nitrogen and oxygen atoms in total. The van der Waals surface area contributed by atoms with Crippen LogP contribution in [0, 0.1) is 16.0 Å². The highest BCUT2D eigenvalue weighted by Gasteiger charge is 2.34. The first-order valence-corrected chi connectivity index (χ1v) is 5.80. The van der Waals surface area contributed by atoms with E-state index >= 15 is 0 Å². The molecule has 0 spiro atoms. The first-order chi connectivity index (χ1) is 8.52. The average molecular weight is 249 g/mol. The smallest absolute Gasteiger partial charge is 0.292 e. The van der Waals surface area contributed by atoms with Crippen molar-refractivity contribution in [3.63, 3.8) is 0 Å². The van der Waals surface area contributed by atoms with Crippen LogP contribution in [0.1, 0.15) is 23.7 Å². The SMILES string of the molecule is CNc1cc(C(=O)NC2CC2C)ccc1[N+](=O)[O-]. The fraction of sp³-hybridized carbons (Fsp3) is 0.417. The van der Waals surface area contributed by atoms with Crippen LogP contribution in [0.3, 0.4) is 0 Å². The van der Waals surface area contributed by atoms with Gasteiger partial charge < -0.3 is 10.6 Å². The van der Waals surface area contributed by atoms with Crippen LogP contribution >= 0.6 is 0 Å². The van der Waals surface area contributed by atoms with Gasteiger partial charge in [-0.3, -0.25) is 14.9 Å². The maximum atomic E-state index is 11.9. The van der Waals surface area contributed by atoms with Crippen LogP contribution in [-0.2, 0) is 0 Å². The van der Waals surface area contributed by atoms with Crippen LogP contribution < -0.4 is 10.6 Å². The Hall–Kier alpha value is -2.11. The summed E-state index contributed by atoms with van der Waals surface area (Å²) < 4.78 is 0. The Kier molecular flexibility index (Phi) is 3.18. The van der Waals surface area contributed by atoms with E-state index in [4.69, 9.17) is 0 Å². The number of amides is 1. The molecule has 1 fully saturated rings. The molecule has 1 aromatic carbocycles. The number of anilines is 1. The topological polar surface area (TPSA) is 84.3 Å². The molecule has 2 N–H and O–H groups in total. The van der Waals surface area contributed by atoms with Gasteiger partial charge in [0, 0.05) is 24.7 Å². The zero-order valence-corrected chi connectivity index (χ0v) is 10.3. The van der Waals surface area contributed by atoms with Crippen molar-refractivity contribution in [2.24, 2.45) is 5.92 Å². The Morgan fingerprint density at radius 2 is 2.17 bits per heavy atom. The summed E-state index contributed by atoms with van der Waals surface area (Å²) in [6.07, 6.45) is 0.998. The van der Waals surface area contributed by atoms with Gasteiger partial charge in [-0.05, 0) is 24.5 Å². The molecule has 0 radical (unpaired) electrons. The molecule has 1 aromatic rings. The number of hydrogen-bond acceptors (Lipinski definition) is 4. The van der Waals surface area contributed by atoms with Crippen LogP contribution in [-0.4, -0.2) is 23.9 Å². The fourth-order valence-corrected chi connectivity index (χ4v) is 1.81. The summed E-state index contributed by atoms with van der Waals surface area (Å²) in [7, 11) is 1.59. The van der Waals surface area contributed by atoms with Gasteiger partial charge in [0.1, 0.15) is 5.69 Å². The van der Waals surface area contributed by atoms with E-state index in [1.54, 1.807) is 7.05 Å². The molecule has 2 unspecified atom stereocenters. The number of nitro groups is 1. The highest BCUT2D eigenvalue weighted by Crippen LogP contribution is 2.30. The second-order valence-corrected chi connectivity index (χ2v) is 4.53. The number of carbonyl (C=O) groups excluding carboxylic acids is 1. The number of benzene rings is 1. The summed E-state index contributed by atoms with van der Waals surface area (Å²) in [4.78, 5) is 22.2. The molecule has 2 atom stereocenters. The van der Waals surface area contributed by atoms with Crippen molar-refractivity contribution in [2.75, 3.05) is 12.4 Å². The van der Waals surface area contributed by atoms with E-state index in [9.17, 15) is 14.9 Å². The predicted octanol–water partition coefficient (Wildman–Crippen LogP) is 1.77. The van der Waals surface area contributed by atoms with Gasteiger partial charge >= 0.3 is 0 Å². The average Bonchev–Trinajstić information content (AvgIpc) is 3.03. The molecule has 0 aliphatic heterocycles. The zero-order chi connectivity index (χ0) is 13.3. The molecular formula is C12H15N3O3. The molecule has 1 amide bonds. The molecule has 96 valence electrons. The maximum absolute atomic E-state index is 11.9. The lowest BCUT2D eigenvalue weighted by molar-refractivity contribution is -0.383. The molecule has 18 heavy (non-hydrogen) atoms. The number of rotatable bonds is 4. The van der Waals surface area contributed by atoms with Gasteiger partial charge in [-0.2, -0.15) is 0 Å². The quantitative estimate of drug-likeness (QED) is 0.629. The first kappa shape index (κ1) is 12.3. The van der Waals surface area contributed by atoms with E-state index in [1.807, 2.05) is 0 Å². The molecule has 1 aliphatic rings. The number of nitrogens with one attached hydrogen (secondary N) is 2.